The van der Waals surface area contributed by atoms with Gasteiger partial charge in [-0.1, -0.05) is 26.8 Å². The SMILES string of the molecule is CC1CC(OCCCCc2ccc3c(n2)NCCC3)C(C)(C)C1. The van der Waals surface area contributed by atoms with Gasteiger partial charge in [-0.15, -0.1) is 0 Å². The molecule has 1 aliphatic carbocycles. The maximum Gasteiger partial charge on any atom is 0.129 e. The van der Waals surface area contributed by atoms with E-state index in [2.05, 4.69) is 38.2 Å². The summed E-state index contributed by atoms with van der Waals surface area (Å²) in [6.45, 7) is 9.01. The molecule has 1 aliphatic heterocycles. The van der Waals surface area contributed by atoms with E-state index in [4.69, 9.17) is 9.72 Å². The van der Waals surface area contributed by atoms with Crippen LogP contribution >= 0.6 is 0 Å². The molecule has 3 nitrogen and oxygen atoms in total. The number of aryl methyl sites for hydroxylation is 2. The van der Waals surface area contributed by atoms with Crippen LogP contribution in [0.1, 0.15) is 64.1 Å². The van der Waals surface area contributed by atoms with Crippen molar-refractivity contribution in [2.45, 2.75) is 71.8 Å². The van der Waals surface area contributed by atoms with Crippen LogP contribution < -0.4 is 5.32 Å². The number of hydrogen-bond acceptors (Lipinski definition) is 3. The highest BCUT2D eigenvalue weighted by molar-refractivity contribution is 5.46. The minimum Gasteiger partial charge on any atom is -0.378 e. The van der Waals surface area contributed by atoms with E-state index in [0.29, 0.717) is 11.5 Å². The number of fused-ring (bicyclic) bond motifs is 1. The average Bonchev–Trinajstić information content (AvgIpc) is 2.79. The first-order chi connectivity index (χ1) is 11.0. The van der Waals surface area contributed by atoms with Crippen LogP contribution in [-0.2, 0) is 17.6 Å². The molecular formula is C20H32N2O. The maximum atomic E-state index is 6.18. The lowest BCUT2D eigenvalue weighted by atomic mass is 9.88. The number of nitrogens with one attached hydrogen (secondary N) is 1. The fourth-order valence-corrected chi connectivity index (χ4v) is 4.23. The third-order valence-corrected chi connectivity index (χ3v) is 5.46. The van der Waals surface area contributed by atoms with Gasteiger partial charge in [0.25, 0.3) is 0 Å². The molecule has 1 saturated carbocycles. The largest absolute Gasteiger partial charge is 0.378 e. The number of anilines is 1. The van der Waals surface area contributed by atoms with Crippen molar-refractivity contribution in [3.05, 3.63) is 23.4 Å². The van der Waals surface area contributed by atoms with E-state index in [1.807, 2.05) is 0 Å². The van der Waals surface area contributed by atoms with Crippen LogP contribution in [-0.4, -0.2) is 24.2 Å². The molecule has 0 saturated heterocycles. The van der Waals surface area contributed by atoms with Gasteiger partial charge in [-0.05, 0) is 67.9 Å². The summed E-state index contributed by atoms with van der Waals surface area (Å²) in [6, 6.07) is 4.46. The van der Waals surface area contributed by atoms with Crippen molar-refractivity contribution in [3.8, 4) is 0 Å². The number of rotatable bonds is 6. The van der Waals surface area contributed by atoms with Crippen LogP contribution in [0.5, 0.6) is 0 Å². The van der Waals surface area contributed by atoms with Gasteiger partial charge in [0.05, 0.1) is 6.10 Å². The zero-order chi connectivity index (χ0) is 16.3. The lowest BCUT2D eigenvalue weighted by molar-refractivity contribution is -0.00734. The van der Waals surface area contributed by atoms with Gasteiger partial charge in [-0.3, -0.25) is 0 Å². The van der Waals surface area contributed by atoms with Crippen LogP contribution in [0.2, 0.25) is 0 Å². The van der Waals surface area contributed by atoms with Crippen molar-refractivity contribution < 1.29 is 4.74 Å². The number of aromatic nitrogens is 1. The second-order valence-electron chi connectivity index (χ2n) is 8.19. The van der Waals surface area contributed by atoms with Gasteiger partial charge >= 0.3 is 0 Å². The quantitative estimate of drug-likeness (QED) is 0.779. The molecule has 3 rings (SSSR count). The molecule has 2 aliphatic rings. The number of hydrogen-bond donors (Lipinski definition) is 1. The Morgan fingerprint density at radius 1 is 1.30 bits per heavy atom. The van der Waals surface area contributed by atoms with Crippen molar-refractivity contribution in [2.75, 3.05) is 18.5 Å². The summed E-state index contributed by atoms with van der Waals surface area (Å²) in [7, 11) is 0. The van der Waals surface area contributed by atoms with Gasteiger partial charge in [0.15, 0.2) is 0 Å². The summed E-state index contributed by atoms with van der Waals surface area (Å²) in [5.41, 5.74) is 2.94. The molecule has 0 aromatic carbocycles. The monoisotopic (exact) mass is 316 g/mol. The highest BCUT2D eigenvalue weighted by Gasteiger charge is 2.39. The first-order valence-electron chi connectivity index (χ1n) is 9.39. The molecule has 3 heteroatoms. The molecule has 1 aromatic heterocycles. The normalized spacial score (nSPS) is 25.9. The lowest BCUT2D eigenvalue weighted by Gasteiger charge is -2.27. The van der Waals surface area contributed by atoms with Crippen molar-refractivity contribution in [1.29, 1.82) is 0 Å². The molecule has 2 atom stereocenters. The van der Waals surface area contributed by atoms with Crippen molar-refractivity contribution >= 4 is 5.82 Å². The summed E-state index contributed by atoms with van der Waals surface area (Å²) >= 11 is 0. The Morgan fingerprint density at radius 2 is 2.17 bits per heavy atom. The molecule has 1 N–H and O–H groups in total. The van der Waals surface area contributed by atoms with Gasteiger partial charge < -0.3 is 10.1 Å². The number of nitrogens with zero attached hydrogens (tertiary/aromatic N) is 1. The lowest BCUT2D eigenvalue weighted by Crippen LogP contribution is -2.26. The smallest absolute Gasteiger partial charge is 0.129 e. The van der Waals surface area contributed by atoms with E-state index in [1.54, 1.807) is 0 Å². The minimum atomic E-state index is 0.352. The molecule has 0 radical (unpaired) electrons. The fraction of sp³-hybridized carbons (Fsp3) is 0.750. The van der Waals surface area contributed by atoms with Crippen LogP contribution in [0.3, 0.4) is 0 Å². The Kier molecular flexibility index (Phi) is 5.25. The number of ether oxygens (including phenoxy) is 1. The second-order valence-corrected chi connectivity index (χ2v) is 8.19. The highest BCUT2D eigenvalue weighted by Crippen LogP contribution is 2.42. The molecule has 2 heterocycles. The molecule has 0 spiro atoms. The Morgan fingerprint density at radius 3 is 2.96 bits per heavy atom. The molecule has 1 aromatic rings. The Labute approximate surface area is 141 Å². The van der Waals surface area contributed by atoms with E-state index in [0.717, 1.165) is 44.1 Å². The van der Waals surface area contributed by atoms with E-state index in [1.165, 1.54) is 36.9 Å². The molecule has 1 fully saturated rings. The first kappa shape index (κ1) is 16.8. The summed E-state index contributed by atoms with van der Waals surface area (Å²) in [6.07, 6.45) is 8.71. The van der Waals surface area contributed by atoms with E-state index in [9.17, 15) is 0 Å². The van der Waals surface area contributed by atoms with Crippen LogP contribution in [0.15, 0.2) is 12.1 Å². The third kappa shape index (κ3) is 4.26. The highest BCUT2D eigenvalue weighted by atomic mass is 16.5. The zero-order valence-electron chi connectivity index (χ0n) is 15.0. The second kappa shape index (κ2) is 7.21. The van der Waals surface area contributed by atoms with Gasteiger partial charge in [-0.2, -0.15) is 0 Å². The van der Waals surface area contributed by atoms with E-state index in [-0.39, 0.29) is 0 Å². The summed E-state index contributed by atoms with van der Waals surface area (Å²) in [4.78, 5) is 4.77. The topological polar surface area (TPSA) is 34.1 Å². The predicted octanol–water partition coefficient (Wildman–Crippen LogP) is 4.60. The minimum absolute atomic E-state index is 0.352. The first-order valence-corrected chi connectivity index (χ1v) is 9.39. The summed E-state index contributed by atoms with van der Waals surface area (Å²) in [5, 5.41) is 3.42. The predicted molar refractivity (Wildman–Crippen MR) is 95.9 cm³/mol. The number of pyridine rings is 1. The Bertz CT molecular complexity index is 526. The van der Waals surface area contributed by atoms with Crippen molar-refractivity contribution in [3.63, 3.8) is 0 Å². The van der Waals surface area contributed by atoms with Gasteiger partial charge in [0, 0.05) is 18.8 Å². The summed E-state index contributed by atoms with van der Waals surface area (Å²) < 4.78 is 6.18. The molecular weight excluding hydrogens is 284 g/mol. The van der Waals surface area contributed by atoms with Crippen molar-refractivity contribution in [2.24, 2.45) is 11.3 Å². The molecule has 0 amide bonds. The van der Waals surface area contributed by atoms with Crippen LogP contribution in [0, 0.1) is 11.3 Å². The van der Waals surface area contributed by atoms with E-state index < -0.39 is 0 Å². The fourth-order valence-electron chi connectivity index (χ4n) is 4.23. The maximum absolute atomic E-state index is 6.18. The van der Waals surface area contributed by atoms with Gasteiger partial charge in [0.2, 0.25) is 0 Å². The average molecular weight is 316 g/mol. The summed E-state index contributed by atoms with van der Waals surface area (Å²) in [5.74, 6) is 1.92. The molecule has 2 unspecified atom stereocenters. The van der Waals surface area contributed by atoms with Crippen molar-refractivity contribution in [1.82, 2.24) is 4.98 Å². The number of unbranched alkanes of at least 4 members (excludes halogenated alkanes) is 1. The standard InChI is InChI=1S/C20H32N2O/c1-15-13-18(20(2,3)14-15)23-12-5-4-8-17-10-9-16-7-6-11-21-19(16)22-17/h9-10,15,18H,4-8,11-14H2,1-3H3,(H,21,22). The van der Waals surface area contributed by atoms with Gasteiger partial charge in [-0.25, -0.2) is 4.98 Å². The molecule has 0 bridgehead atoms. The van der Waals surface area contributed by atoms with Gasteiger partial charge in [0.1, 0.15) is 5.82 Å². The third-order valence-electron chi connectivity index (χ3n) is 5.46. The molecule has 128 valence electrons. The Hall–Kier alpha value is -1.09. The van der Waals surface area contributed by atoms with Crippen LogP contribution in [0.4, 0.5) is 5.82 Å². The zero-order valence-corrected chi connectivity index (χ0v) is 15.0. The molecule has 23 heavy (non-hydrogen) atoms. The van der Waals surface area contributed by atoms with Crippen LogP contribution in [0.25, 0.3) is 0 Å². The van der Waals surface area contributed by atoms with E-state index >= 15 is 0 Å². The Balaban J connectivity index is 1.39.